The van der Waals surface area contributed by atoms with Crippen LogP contribution in [0.1, 0.15) is 42.9 Å². The largest absolute Gasteiger partial charge is 0.418 e. The first kappa shape index (κ1) is 26.3. The zero-order chi connectivity index (χ0) is 27.7. The molecule has 0 saturated heterocycles. The summed E-state index contributed by atoms with van der Waals surface area (Å²) < 4.78 is 44.8. The van der Waals surface area contributed by atoms with Gasteiger partial charge in [-0.1, -0.05) is 31.0 Å². The number of hydrogen-bond acceptors (Lipinski definition) is 4. The summed E-state index contributed by atoms with van der Waals surface area (Å²) >= 11 is 0. The van der Waals surface area contributed by atoms with Crippen molar-refractivity contribution in [2.75, 3.05) is 5.32 Å². The summed E-state index contributed by atoms with van der Waals surface area (Å²) in [6.07, 6.45) is -0.509. The van der Waals surface area contributed by atoms with E-state index in [9.17, 15) is 32.7 Å². The second-order valence-electron chi connectivity index (χ2n) is 9.53. The minimum Gasteiger partial charge on any atom is -0.391 e. The van der Waals surface area contributed by atoms with Gasteiger partial charge in [0.1, 0.15) is 0 Å². The molecular weight excluding hydrogens is 515 g/mol. The fourth-order valence-corrected chi connectivity index (χ4v) is 5.01. The number of aromatic amines is 1. The van der Waals surface area contributed by atoms with E-state index in [2.05, 4.69) is 15.6 Å². The molecule has 0 spiro atoms. The monoisotopic (exact) mass is 541 g/mol. The van der Waals surface area contributed by atoms with Gasteiger partial charge in [0.2, 0.25) is 0 Å². The highest BCUT2D eigenvalue weighted by atomic mass is 19.4. The molecular formula is C27H26F3N5O4. The molecule has 0 unspecified atom stereocenters. The third-order valence-corrected chi connectivity index (χ3v) is 6.88. The van der Waals surface area contributed by atoms with Crippen molar-refractivity contribution in [2.45, 2.75) is 50.6 Å². The number of aromatic nitrogens is 3. The summed E-state index contributed by atoms with van der Waals surface area (Å²) in [6, 6.07) is 11.1. The number of aliphatic hydroxyl groups is 1. The average molecular weight is 542 g/mol. The second kappa shape index (κ2) is 10.4. The van der Waals surface area contributed by atoms with Gasteiger partial charge in [-0.3, -0.25) is 14.2 Å². The number of amides is 2. The fraction of sp³-hybridized carbons (Fsp3) is 0.296. The normalized spacial score (nSPS) is 17.7. The molecule has 204 valence electrons. The molecule has 1 fully saturated rings. The number of halogens is 3. The summed E-state index contributed by atoms with van der Waals surface area (Å²) in [6.45, 7) is 0.0485. The maximum absolute atomic E-state index is 14.1. The van der Waals surface area contributed by atoms with Crippen molar-refractivity contribution in [3.63, 3.8) is 0 Å². The summed E-state index contributed by atoms with van der Waals surface area (Å²) in [5.41, 5.74) is -2.20. The number of nitrogens with zero attached hydrogens (tertiary/aromatic N) is 2. The molecule has 2 amide bonds. The Morgan fingerprint density at radius 2 is 1.82 bits per heavy atom. The van der Waals surface area contributed by atoms with Crippen LogP contribution in [0.3, 0.4) is 0 Å². The lowest BCUT2D eigenvalue weighted by atomic mass is 9.92. The Hall–Kier alpha value is -4.32. The number of nitrogens with one attached hydrogen (secondary N) is 3. The Morgan fingerprint density at radius 1 is 1.08 bits per heavy atom. The summed E-state index contributed by atoms with van der Waals surface area (Å²) in [5, 5.41) is 15.9. The van der Waals surface area contributed by atoms with Gasteiger partial charge < -0.3 is 25.3 Å². The molecule has 1 saturated carbocycles. The van der Waals surface area contributed by atoms with Crippen molar-refractivity contribution in [1.29, 1.82) is 0 Å². The molecule has 1 aliphatic carbocycles. The maximum atomic E-state index is 14.1. The van der Waals surface area contributed by atoms with Gasteiger partial charge in [-0.05, 0) is 48.7 Å². The molecule has 4 N–H and O–H groups in total. The molecule has 2 aromatic heterocycles. The van der Waals surface area contributed by atoms with E-state index in [-0.39, 0.29) is 23.3 Å². The maximum Gasteiger partial charge on any atom is 0.418 e. The van der Waals surface area contributed by atoms with Crippen molar-refractivity contribution in [1.82, 2.24) is 19.4 Å². The van der Waals surface area contributed by atoms with Crippen molar-refractivity contribution < 1.29 is 23.1 Å². The Bertz CT molecular complexity index is 1620. The predicted octanol–water partition coefficient (Wildman–Crippen LogP) is 4.30. The molecule has 12 heteroatoms. The molecule has 4 aromatic rings. The van der Waals surface area contributed by atoms with E-state index in [1.165, 1.54) is 23.0 Å². The minimum absolute atomic E-state index is 0.0485. The number of urea groups is 1. The van der Waals surface area contributed by atoms with E-state index in [0.717, 1.165) is 17.1 Å². The van der Waals surface area contributed by atoms with E-state index >= 15 is 0 Å². The van der Waals surface area contributed by atoms with Crippen LogP contribution in [0.5, 0.6) is 0 Å². The number of H-pyrrole nitrogens is 1. The number of para-hydroxylation sites is 1. The van der Waals surface area contributed by atoms with Crippen LogP contribution in [-0.2, 0) is 12.7 Å². The average Bonchev–Trinajstić information content (AvgIpc) is 3.37. The molecule has 0 bridgehead atoms. The van der Waals surface area contributed by atoms with Gasteiger partial charge in [0.05, 0.1) is 34.4 Å². The Balaban J connectivity index is 1.52. The standard InChI is InChI=1S/C27H26F3N5O4/c28-27(29,30)18-12-19-22(35(25(38)24(37)33-19)20-8-4-5-9-23(20)36)13-21(18)34-11-10-16(15-34)14-31-26(39)32-17-6-2-1-3-7-17/h1-3,6-7,10-13,15,20,23,36H,4-5,8-9,14H2,(H,33,37)(H2,31,32,39)/t20-,23+/m1/s1. The van der Waals surface area contributed by atoms with Crippen LogP contribution in [0.25, 0.3) is 16.7 Å². The molecule has 0 aliphatic heterocycles. The van der Waals surface area contributed by atoms with Crippen molar-refractivity contribution >= 4 is 22.8 Å². The lowest BCUT2D eigenvalue weighted by Gasteiger charge is -2.30. The fourth-order valence-electron chi connectivity index (χ4n) is 5.01. The van der Waals surface area contributed by atoms with E-state index in [0.29, 0.717) is 30.5 Å². The van der Waals surface area contributed by atoms with Gasteiger partial charge in [-0.2, -0.15) is 13.2 Å². The molecule has 39 heavy (non-hydrogen) atoms. The van der Waals surface area contributed by atoms with Crippen LogP contribution < -0.4 is 21.8 Å². The first-order valence-electron chi connectivity index (χ1n) is 12.5. The van der Waals surface area contributed by atoms with Crippen LogP contribution in [0.4, 0.5) is 23.7 Å². The van der Waals surface area contributed by atoms with E-state index in [1.807, 2.05) is 6.07 Å². The van der Waals surface area contributed by atoms with Crippen LogP contribution in [-0.4, -0.2) is 31.4 Å². The van der Waals surface area contributed by atoms with Crippen molar-refractivity contribution in [3.8, 4) is 5.69 Å². The third kappa shape index (κ3) is 5.46. The second-order valence-corrected chi connectivity index (χ2v) is 9.53. The molecule has 2 heterocycles. The lowest BCUT2D eigenvalue weighted by molar-refractivity contribution is -0.137. The highest BCUT2D eigenvalue weighted by Gasteiger charge is 2.36. The number of carbonyl (C=O) groups excluding carboxylic acids is 1. The molecule has 2 atom stereocenters. The van der Waals surface area contributed by atoms with Gasteiger partial charge in [0.25, 0.3) is 0 Å². The number of fused-ring (bicyclic) bond motifs is 1. The molecule has 2 aromatic carbocycles. The van der Waals surface area contributed by atoms with Gasteiger partial charge in [-0.15, -0.1) is 0 Å². The van der Waals surface area contributed by atoms with Crippen LogP contribution in [0.15, 0.2) is 70.5 Å². The van der Waals surface area contributed by atoms with Gasteiger partial charge in [0.15, 0.2) is 0 Å². The number of carbonyl (C=O) groups is 1. The highest BCUT2D eigenvalue weighted by Crippen LogP contribution is 2.37. The van der Waals surface area contributed by atoms with Gasteiger partial charge in [0, 0.05) is 24.6 Å². The third-order valence-electron chi connectivity index (χ3n) is 6.88. The topological polar surface area (TPSA) is 121 Å². The molecule has 5 rings (SSSR count). The zero-order valence-electron chi connectivity index (χ0n) is 20.7. The SMILES string of the molecule is O=C(NCc1ccn(-c2cc3c(cc2C(F)(F)F)[nH]c(=O)c(=O)n3[C@@H]2CCCC[C@@H]2O)c1)Nc1ccccc1. The Labute approximate surface area is 219 Å². The Morgan fingerprint density at radius 3 is 2.54 bits per heavy atom. The smallest absolute Gasteiger partial charge is 0.391 e. The number of alkyl halides is 3. The summed E-state index contributed by atoms with van der Waals surface area (Å²) in [7, 11) is 0. The summed E-state index contributed by atoms with van der Waals surface area (Å²) in [5.74, 6) is 0. The number of rotatable bonds is 5. The Kier molecular flexibility index (Phi) is 7.04. The number of anilines is 1. The summed E-state index contributed by atoms with van der Waals surface area (Å²) in [4.78, 5) is 39.7. The molecule has 9 nitrogen and oxygen atoms in total. The first-order chi connectivity index (χ1) is 18.6. The quantitative estimate of drug-likeness (QED) is 0.282. The van der Waals surface area contributed by atoms with Crippen LogP contribution in [0.2, 0.25) is 0 Å². The molecule has 0 radical (unpaired) electrons. The van der Waals surface area contributed by atoms with Gasteiger partial charge >= 0.3 is 23.3 Å². The number of aliphatic hydroxyl groups excluding tert-OH is 1. The van der Waals surface area contributed by atoms with Crippen LogP contribution >= 0.6 is 0 Å². The van der Waals surface area contributed by atoms with Crippen molar-refractivity contribution in [2.24, 2.45) is 0 Å². The van der Waals surface area contributed by atoms with Gasteiger partial charge in [-0.25, -0.2) is 4.79 Å². The number of benzene rings is 2. The predicted molar refractivity (Wildman–Crippen MR) is 139 cm³/mol. The first-order valence-corrected chi connectivity index (χ1v) is 12.5. The number of hydrogen-bond donors (Lipinski definition) is 4. The lowest BCUT2D eigenvalue weighted by Crippen LogP contribution is -2.42. The van der Waals surface area contributed by atoms with E-state index in [1.54, 1.807) is 30.3 Å². The highest BCUT2D eigenvalue weighted by molar-refractivity contribution is 5.89. The molecule has 1 aliphatic rings. The van der Waals surface area contributed by atoms with Crippen LogP contribution in [0, 0.1) is 0 Å². The van der Waals surface area contributed by atoms with E-state index < -0.39 is 41.0 Å². The van der Waals surface area contributed by atoms with Crippen molar-refractivity contribution in [3.05, 3.63) is 92.8 Å². The van der Waals surface area contributed by atoms with E-state index in [4.69, 9.17) is 0 Å². The minimum atomic E-state index is -4.77. The zero-order valence-corrected chi connectivity index (χ0v) is 20.7.